The molecule has 656 valence electrons. The predicted molar refractivity (Wildman–Crippen MR) is 531 cm³/mol. The Labute approximate surface area is 767 Å². The Balaban J connectivity index is 0.000000120. The first kappa shape index (κ1) is 88.2. The molecule has 4 N–H and O–H groups in total. The quantitative estimate of drug-likeness (QED) is 0.0412. The number of halogens is 4. The molecule has 0 atom stereocenters. The van der Waals surface area contributed by atoms with Gasteiger partial charge in [0.15, 0.2) is 0 Å². The molecule has 4 fully saturated rings. The third kappa shape index (κ3) is 22.3. The first-order chi connectivity index (χ1) is 62.7. The molecule has 0 saturated carbocycles. The molecule has 0 spiro atoms. The number of pyridine rings is 4. The average Bonchev–Trinajstić information content (AvgIpc) is 0.796. The lowest BCUT2D eigenvalue weighted by molar-refractivity contribution is 0.311. The standard InChI is InChI=1S/4C25H27ClN6/c4*1-31-13-15-32(16-14-31)25-29-22-6-3-2-5-19(22)23(30-25)7-4-11-27-21-10-12-28-24-17-18(26)8-9-20(21)24/h4*2-3,5-6,8-10,12,17H,4,7,11,13-16H2,1H3,(H,27,28). The second-order valence-electron chi connectivity index (χ2n) is 33.3. The fourth-order valence-electron chi connectivity index (χ4n) is 16.9. The van der Waals surface area contributed by atoms with Crippen molar-refractivity contribution in [3.63, 3.8) is 0 Å². The van der Waals surface area contributed by atoms with Gasteiger partial charge < -0.3 is 60.5 Å². The summed E-state index contributed by atoms with van der Waals surface area (Å²) in [7, 11) is 8.66. The molecule has 0 bridgehead atoms. The second-order valence-corrected chi connectivity index (χ2v) is 35.1. The van der Waals surface area contributed by atoms with Crippen molar-refractivity contribution < 1.29 is 0 Å². The number of fused-ring (bicyclic) bond motifs is 8. The zero-order valence-electron chi connectivity index (χ0n) is 73.0. The van der Waals surface area contributed by atoms with Gasteiger partial charge in [-0.2, -0.15) is 0 Å². The highest BCUT2D eigenvalue weighted by Gasteiger charge is 2.25. The second kappa shape index (κ2) is 42.4. The van der Waals surface area contributed by atoms with Gasteiger partial charge in [-0.05, 0) is 201 Å². The summed E-state index contributed by atoms with van der Waals surface area (Å²) in [4.78, 5) is 75.8. The molecule has 128 heavy (non-hydrogen) atoms. The number of anilines is 8. The number of hydrogen-bond acceptors (Lipinski definition) is 24. The van der Waals surface area contributed by atoms with Crippen molar-refractivity contribution in [2.45, 2.75) is 51.4 Å². The fourth-order valence-corrected chi connectivity index (χ4v) is 17.6. The third-order valence-electron chi connectivity index (χ3n) is 24.3. The maximum Gasteiger partial charge on any atom is 0.226 e. The van der Waals surface area contributed by atoms with Crippen LogP contribution < -0.4 is 40.9 Å². The molecule has 4 aliphatic rings. The molecule has 28 heteroatoms. The molecule has 0 amide bonds. The van der Waals surface area contributed by atoms with Crippen molar-refractivity contribution in [1.82, 2.24) is 79.4 Å². The van der Waals surface area contributed by atoms with Crippen LogP contribution in [-0.4, -0.2) is 238 Å². The molecule has 8 aromatic heterocycles. The van der Waals surface area contributed by atoms with Gasteiger partial charge in [-0.25, -0.2) is 39.9 Å². The molecule has 0 radical (unpaired) electrons. The predicted octanol–water partition coefficient (Wildman–Crippen LogP) is 18.5. The molecule has 12 heterocycles. The van der Waals surface area contributed by atoms with E-state index in [1.165, 1.54) is 0 Å². The Kier molecular flexibility index (Phi) is 29.2. The average molecular weight is 1790 g/mol. The van der Waals surface area contributed by atoms with Crippen LogP contribution in [0.25, 0.3) is 87.2 Å². The third-order valence-corrected chi connectivity index (χ3v) is 25.2. The normalized spacial score (nSPS) is 14.9. The first-order valence-electron chi connectivity index (χ1n) is 44.6. The number of para-hydroxylation sites is 4. The highest BCUT2D eigenvalue weighted by Crippen LogP contribution is 2.33. The van der Waals surface area contributed by atoms with Gasteiger partial charge >= 0.3 is 0 Å². The van der Waals surface area contributed by atoms with Gasteiger partial charge in [-0.1, -0.05) is 119 Å². The maximum absolute atomic E-state index is 6.11. The Morgan fingerprint density at radius 1 is 0.234 bits per heavy atom. The summed E-state index contributed by atoms with van der Waals surface area (Å²) in [5, 5.41) is 26.0. The van der Waals surface area contributed by atoms with E-state index < -0.39 is 0 Å². The van der Waals surface area contributed by atoms with E-state index in [0.717, 1.165) is 339 Å². The van der Waals surface area contributed by atoms with Crippen LogP contribution in [0.2, 0.25) is 20.1 Å². The molecular weight excluding hydrogens is 1680 g/mol. The van der Waals surface area contributed by atoms with Crippen LogP contribution >= 0.6 is 46.4 Å². The minimum Gasteiger partial charge on any atom is -0.384 e. The van der Waals surface area contributed by atoms with Gasteiger partial charge in [0.1, 0.15) is 0 Å². The summed E-state index contributed by atoms with van der Waals surface area (Å²) in [5.74, 6) is 3.43. The Morgan fingerprint density at radius 2 is 0.445 bits per heavy atom. The number of piperazine rings is 4. The van der Waals surface area contributed by atoms with Crippen LogP contribution in [0.1, 0.15) is 48.5 Å². The lowest BCUT2D eigenvalue weighted by atomic mass is 10.1. The smallest absolute Gasteiger partial charge is 0.226 e. The SMILES string of the molecule is CN1CCN(c2nc(CCCNc3ccnc4cc(Cl)ccc34)c3ccccc3n2)CC1.CN1CCN(c2nc(CCCNc3ccnc4cc(Cl)ccc34)c3ccccc3n2)CC1.CN1CCN(c2nc(CCCNc3ccnc4cc(Cl)ccc34)c3ccccc3n2)CC1.CN1CCN(c2nc(CCCNc3ccnc4cc(Cl)ccc34)c3ccccc3n2)CC1. The summed E-state index contributed by atoms with van der Waals surface area (Å²) < 4.78 is 0. The number of aromatic nitrogens is 12. The highest BCUT2D eigenvalue weighted by atomic mass is 35.5. The van der Waals surface area contributed by atoms with Gasteiger partial charge in [0.2, 0.25) is 23.8 Å². The van der Waals surface area contributed by atoms with Gasteiger partial charge in [-0.15, -0.1) is 0 Å². The molecule has 8 aromatic carbocycles. The van der Waals surface area contributed by atoms with Crippen molar-refractivity contribution in [3.05, 3.63) is 262 Å². The number of rotatable bonds is 24. The first-order valence-corrected chi connectivity index (χ1v) is 46.1. The van der Waals surface area contributed by atoms with Crippen LogP contribution in [0.5, 0.6) is 0 Å². The van der Waals surface area contributed by atoms with E-state index in [9.17, 15) is 0 Å². The Morgan fingerprint density at radius 3 is 0.664 bits per heavy atom. The van der Waals surface area contributed by atoms with Crippen molar-refractivity contribution >= 4 is 180 Å². The summed E-state index contributed by atoms with van der Waals surface area (Å²) in [5.41, 5.74) is 16.5. The minimum atomic E-state index is 0.703. The van der Waals surface area contributed by atoms with E-state index in [2.05, 4.69) is 206 Å². The van der Waals surface area contributed by atoms with E-state index in [0.29, 0.717) is 20.1 Å². The molecule has 0 unspecified atom stereocenters. The van der Waals surface area contributed by atoms with Crippen molar-refractivity contribution in [3.8, 4) is 0 Å². The summed E-state index contributed by atoms with van der Waals surface area (Å²) in [6, 6.07) is 64.7. The number of hydrogen-bond donors (Lipinski definition) is 4. The molecule has 4 aliphatic heterocycles. The molecule has 20 rings (SSSR count). The van der Waals surface area contributed by atoms with E-state index in [-0.39, 0.29) is 0 Å². The molecular formula is C100H108Cl4N24. The summed E-state index contributed by atoms with van der Waals surface area (Å²) >= 11 is 24.4. The zero-order chi connectivity index (χ0) is 87.7. The van der Waals surface area contributed by atoms with Gasteiger partial charge in [-0.3, -0.25) is 19.9 Å². The zero-order valence-corrected chi connectivity index (χ0v) is 76.1. The van der Waals surface area contributed by atoms with Crippen molar-refractivity contribution in [1.29, 1.82) is 0 Å². The molecule has 16 aromatic rings. The number of nitrogens with zero attached hydrogens (tertiary/aromatic N) is 20. The van der Waals surface area contributed by atoms with Crippen LogP contribution in [0.4, 0.5) is 46.5 Å². The van der Waals surface area contributed by atoms with Crippen LogP contribution in [0.3, 0.4) is 0 Å². The van der Waals surface area contributed by atoms with E-state index >= 15 is 0 Å². The van der Waals surface area contributed by atoms with Crippen molar-refractivity contribution in [2.75, 3.05) is 200 Å². The lowest BCUT2D eigenvalue weighted by Crippen LogP contribution is -2.45. The lowest BCUT2D eigenvalue weighted by Gasteiger charge is -2.32. The topological polar surface area (TPSA) is 229 Å². The van der Waals surface area contributed by atoms with E-state index in [1.54, 1.807) is 0 Å². The van der Waals surface area contributed by atoms with E-state index in [4.69, 9.17) is 86.3 Å². The van der Waals surface area contributed by atoms with E-state index in [1.807, 2.05) is 122 Å². The van der Waals surface area contributed by atoms with Gasteiger partial charge in [0.25, 0.3) is 0 Å². The molecule has 0 aliphatic carbocycles. The maximum atomic E-state index is 6.11. The Hall–Kier alpha value is -11.8. The monoisotopic (exact) mass is 1780 g/mol. The molecule has 4 saturated heterocycles. The number of benzene rings is 8. The number of nitrogens with one attached hydrogen (secondary N) is 4. The van der Waals surface area contributed by atoms with Gasteiger partial charge in [0, 0.05) is 242 Å². The van der Waals surface area contributed by atoms with Gasteiger partial charge in [0.05, 0.1) is 66.9 Å². The Bertz CT molecular complexity index is 5720. The number of aryl methyl sites for hydroxylation is 4. The largest absolute Gasteiger partial charge is 0.384 e. The summed E-state index contributed by atoms with van der Waals surface area (Å²) in [6.45, 7) is 19.5. The number of likely N-dealkylation sites (N-methyl/N-ethyl adjacent to an activating group) is 4. The fraction of sp³-hybridized carbons (Fsp3) is 0.320. The molecule has 24 nitrogen and oxygen atoms in total. The van der Waals surface area contributed by atoms with Crippen molar-refractivity contribution in [2.24, 2.45) is 0 Å². The minimum absolute atomic E-state index is 0.703. The highest BCUT2D eigenvalue weighted by molar-refractivity contribution is 6.32. The van der Waals surface area contributed by atoms with Crippen LogP contribution in [0, 0.1) is 0 Å². The summed E-state index contributed by atoms with van der Waals surface area (Å²) in [6.07, 6.45) is 14.8. The van der Waals surface area contributed by atoms with Crippen LogP contribution in [0.15, 0.2) is 219 Å². The van der Waals surface area contributed by atoms with Crippen LogP contribution in [-0.2, 0) is 25.7 Å².